The van der Waals surface area contributed by atoms with Gasteiger partial charge in [-0.3, -0.25) is 20.4 Å². The maximum Gasteiger partial charge on any atom is 0.293 e. The number of rotatable bonds is 4. The highest BCUT2D eigenvalue weighted by Crippen LogP contribution is 2.25. The lowest BCUT2D eigenvalue weighted by molar-refractivity contribution is -0.892. The molecule has 2 aromatic carbocycles. The second kappa shape index (κ2) is 8.35. The Morgan fingerprint density at radius 3 is 2.31 bits per heavy atom. The predicted octanol–water partition coefficient (Wildman–Crippen LogP) is -0.442. The summed E-state index contributed by atoms with van der Waals surface area (Å²) in [4.78, 5) is 27.2. The average Bonchev–Trinajstić information content (AvgIpc) is 2.68. The van der Waals surface area contributed by atoms with Crippen LogP contribution in [0.5, 0.6) is 5.75 Å². The summed E-state index contributed by atoms with van der Waals surface area (Å²) in [6.07, 6.45) is 0. The summed E-state index contributed by atoms with van der Waals surface area (Å²) in [6.45, 7) is 3.39. The van der Waals surface area contributed by atoms with Crippen LogP contribution in [-0.4, -0.2) is 49.6 Å². The molecule has 26 heavy (non-hydrogen) atoms. The Kier molecular flexibility index (Phi) is 5.70. The van der Waals surface area contributed by atoms with Gasteiger partial charge in [0.05, 0.1) is 31.9 Å². The Hall–Kier alpha value is -3.06. The summed E-state index contributed by atoms with van der Waals surface area (Å²) in [5, 5.41) is 9.94. The third kappa shape index (κ3) is 4.52. The smallest absolute Gasteiger partial charge is 0.293 e. The molecule has 7 heteroatoms. The first-order valence-electron chi connectivity index (χ1n) is 8.64. The van der Waals surface area contributed by atoms with Crippen LogP contribution < -0.4 is 20.7 Å². The number of carbonyl (C=O) groups excluding carboxylic acids is 2. The molecule has 0 atom stereocenters. The van der Waals surface area contributed by atoms with E-state index in [0.29, 0.717) is 12.1 Å². The van der Waals surface area contributed by atoms with Crippen molar-refractivity contribution in [3.05, 3.63) is 60.2 Å². The first-order chi connectivity index (χ1) is 12.6. The standard InChI is InChI=1S/C19H22N4O3/c24-17-9-5-4-8-16(17)23-12-10-22(11-13-23)14-18(25)20-21-19(26)15-6-2-1-3-7-15/h1-9,24H,10-14H2,(H,20,25)(H,21,26)/p+1. The van der Waals surface area contributed by atoms with E-state index in [4.69, 9.17) is 0 Å². The number of carbonyl (C=O) groups is 2. The molecule has 4 N–H and O–H groups in total. The highest BCUT2D eigenvalue weighted by molar-refractivity contribution is 5.95. The number of phenolic OH excluding ortho intramolecular Hbond substituents is 1. The van der Waals surface area contributed by atoms with E-state index in [9.17, 15) is 14.7 Å². The lowest BCUT2D eigenvalue weighted by Crippen LogP contribution is -3.16. The van der Waals surface area contributed by atoms with Crippen LogP contribution in [0, 0.1) is 0 Å². The van der Waals surface area contributed by atoms with Gasteiger partial charge >= 0.3 is 0 Å². The van der Waals surface area contributed by atoms with Gasteiger partial charge < -0.3 is 14.9 Å². The number of anilines is 1. The largest absolute Gasteiger partial charge is 0.506 e. The van der Waals surface area contributed by atoms with Crippen molar-refractivity contribution in [2.75, 3.05) is 37.6 Å². The van der Waals surface area contributed by atoms with Crippen LogP contribution in [0.25, 0.3) is 0 Å². The Bertz CT molecular complexity index is 758. The van der Waals surface area contributed by atoms with Gasteiger partial charge in [0.2, 0.25) is 0 Å². The number of hydrogen-bond donors (Lipinski definition) is 4. The van der Waals surface area contributed by atoms with Gasteiger partial charge in [0.1, 0.15) is 5.75 Å². The van der Waals surface area contributed by atoms with Crippen molar-refractivity contribution < 1.29 is 19.6 Å². The summed E-state index contributed by atoms with van der Waals surface area (Å²) < 4.78 is 0. The number of para-hydroxylation sites is 2. The lowest BCUT2D eigenvalue weighted by Gasteiger charge is -2.33. The molecule has 0 aliphatic carbocycles. The monoisotopic (exact) mass is 355 g/mol. The molecule has 1 aliphatic rings. The third-order valence-electron chi connectivity index (χ3n) is 4.45. The second-order valence-corrected chi connectivity index (χ2v) is 6.27. The fourth-order valence-electron chi connectivity index (χ4n) is 3.03. The molecule has 1 heterocycles. The molecule has 3 rings (SSSR count). The van der Waals surface area contributed by atoms with Crippen molar-refractivity contribution in [3.63, 3.8) is 0 Å². The van der Waals surface area contributed by atoms with Gasteiger partial charge in [-0.25, -0.2) is 0 Å². The zero-order chi connectivity index (χ0) is 18.4. The van der Waals surface area contributed by atoms with E-state index in [0.717, 1.165) is 36.8 Å². The number of amides is 2. The van der Waals surface area contributed by atoms with Crippen LogP contribution >= 0.6 is 0 Å². The first kappa shape index (κ1) is 17.8. The maximum absolute atomic E-state index is 12.1. The van der Waals surface area contributed by atoms with Crippen LogP contribution in [0.4, 0.5) is 5.69 Å². The highest BCUT2D eigenvalue weighted by atomic mass is 16.3. The van der Waals surface area contributed by atoms with Gasteiger partial charge in [0.15, 0.2) is 6.54 Å². The van der Waals surface area contributed by atoms with Gasteiger partial charge in [-0.15, -0.1) is 0 Å². The van der Waals surface area contributed by atoms with Crippen LogP contribution in [0.1, 0.15) is 10.4 Å². The second-order valence-electron chi connectivity index (χ2n) is 6.27. The SMILES string of the molecule is O=C(C[NH+]1CCN(c2ccccc2O)CC1)NNC(=O)c1ccccc1. The Morgan fingerprint density at radius 1 is 0.962 bits per heavy atom. The average molecular weight is 355 g/mol. The number of nitrogens with zero attached hydrogens (tertiary/aromatic N) is 1. The minimum atomic E-state index is -0.335. The highest BCUT2D eigenvalue weighted by Gasteiger charge is 2.23. The number of aromatic hydroxyl groups is 1. The zero-order valence-electron chi connectivity index (χ0n) is 14.4. The topological polar surface area (TPSA) is 86.1 Å². The van der Waals surface area contributed by atoms with Crippen molar-refractivity contribution in [3.8, 4) is 5.75 Å². The number of piperazine rings is 1. The molecule has 0 unspecified atom stereocenters. The molecule has 0 radical (unpaired) electrons. The van der Waals surface area contributed by atoms with Crippen LogP contribution in [0.2, 0.25) is 0 Å². The number of benzene rings is 2. The molecule has 0 saturated carbocycles. The van der Waals surface area contributed by atoms with Gasteiger partial charge in [-0.2, -0.15) is 0 Å². The molecule has 0 bridgehead atoms. The number of phenols is 1. The Labute approximate surface area is 152 Å². The number of hydrogen-bond acceptors (Lipinski definition) is 4. The minimum Gasteiger partial charge on any atom is -0.506 e. The minimum absolute atomic E-state index is 0.222. The van der Waals surface area contributed by atoms with Gasteiger partial charge in [-0.05, 0) is 24.3 Å². The summed E-state index contributed by atoms with van der Waals surface area (Å²) in [5.74, 6) is -0.282. The molecule has 2 amide bonds. The van der Waals surface area contributed by atoms with E-state index < -0.39 is 0 Å². The van der Waals surface area contributed by atoms with E-state index >= 15 is 0 Å². The summed E-state index contributed by atoms with van der Waals surface area (Å²) in [6, 6.07) is 16.0. The first-order valence-corrected chi connectivity index (χ1v) is 8.64. The van der Waals surface area contributed by atoms with E-state index in [1.807, 2.05) is 18.2 Å². The molecule has 1 fully saturated rings. The molecule has 1 aliphatic heterocycles. The molecular formula is C19H23N4O3+. The van der Waals surface area contributed by atoms with Crippen molar-refractivity contribution >= 4 is 17.5 Å². The molecule has 1 saturated heterocycles. The lowest BCUT2D eigenvalue weighted by atomic mass is 10.2. The molecule has 7 nitrogen and oxygen atoms in total. The maximum atomic E-state index is 12.1. The van der Waals surface area contributed by atoms with E-state index in [-0.39, 0.29) is 17.6 Å². The fraction of sp³-hybridized carbons (Fsp3) is 0.263. The summed E-state index contributed by atoms with van der Waals surface area (Å²) in [7, 11) is 0. The third-order valence-corrected chi connectivity index (χ3v) is 4.45. The number of quaternary nitrogens is 1. The van der Waals surface area contributed by atoms with Crippen LogP contribution in [0.3, 0.4) is 0 Å². The fourth-order valence-corrected chi connectivity index (χ4v) is 3.03. The van der Waals surface area contributed by atoms with Crippen LogP contribution in [0.15, 0.2) is 54.6 Å². The van der Waals surface area contributed by atoms with Gasteiger partial charge in [-0.1, -0.05) is 30.3 Å². The Morgan fingerprint density at radius 2 is 1.62 bits per heavy atom. The van der Waals surface area contributed by atoms with E-state index in [1.54, 1.807) is 36.4 Å². The van der Waals surface area contributed by atoms with Crippen molar-refractivity contribution in [1.29, 1.82) is 0 Å². The number of hydrazine groups is 1. The molecular weight excluding hydrogens is 332 g/mol. The van der Waals surface area contributed by atoms with Crippen molar-refractivity contribution in [1.82, 2.24) is 10.9 Å². The Balaban J connectivity index is 1.42. The van der Waals surface area contributed by atoms with Crippen molar-refractivity contribution in [2.45, 2.75) is 0 Å². The van der Waals surface area contributed by atoms with E-state index in [1.165, 1.54) is 0 Å². The molecule has 0 spiro atoms. The van der Waals surface area contributed by atoms with Gasteiger partial charge in [0, 0.05) is 5.56 Å². The summed E-state index contributed by atoms with van der Waals surface area (Å²) >= 11 is 0. The van der Waals surface area contributed by atoms with Crippen LogP contribution in [-0.2, 0) is 4.79 Å². The molecule has 0 aromatic heterocycles. The quantitative estimate of drug-likeness (QED) is 0.560. The molecule has 2 aromatic rings. The zero-order valence-corrected chi connectivity index (χ0v) is 14.4. The predicted molar refractivity (Wildman–Crippen MR) is 97.9 cm³/mol. The summed E-state index contributed by atoms with van der Waals surface area (Å²) in [5.41, 5.74) is 6.22. The van der Waals surface area contributed by atoms with Crippen molar-refractivity contribution in [2.24, 2.45) is 0 Å². The molecule has 136 valence electrons. The van der Waals surface area contributed by atoms with E-state index in [2.05, 4.69) is 15.8 Å². The van der Waals surface area contributed by atoms with Gasteiger partial charge in [0.25, 0.3) is 11.8 Å². The number of nitrogens with one attached hydrogen (secondary N) is 3. The normalized spacial score (nSPS) is 14.7.